The smallest absolute Gasteiger partial charge is 0.244 e. The van der Waals surface area contributed by atoms with Crippen LogP contribution in [0.5, 0.6) is 11.5 Å². The SMILES string of the molecule is COc1cc(-c2noc([C@@H]3CCCN3)n2)cc(Cl)c1OC.Cl. The molecule has 1 N–H and O–H groups in total. The van der Waals surface area contributed by atoms with Gasteiger partial charge in [-0.25, -0.2) is 0 Å². The topological polar surface area (TPSA) is 69.4 Å². The zero-order valence-electron chi connectivity index (χ0n) is 12.3. The first-order valence-corrected chi connectivity index (χ1v) is 7.09. The van der Waals surface area contributed by atoms with E-state index >= 15 is 0 Å². The highest BCUT2D eigenvalue weighted by Gasteiger charge is 2.23. The van der Waals surface area contributed by atoms with Crippen molar-refractivity contribution in [2.24, 2.45) is 0 Å². The number of hydrogen-bond donors (Lipinski definition) is 1. The summed E-state index contributed by atoms with van der Waals surface area (Å²) in [6.07, 6.45) is 2.12. The van der Waals surface area contributed by atoms with Crippen molar-refractivity contribution in [1.82, 2.24) is 15.5 Å². The van der Waals surface area contributed by atoms with Crippen LogP contribution in [-0.2, 0) is 0 Å². The van der Waals surface area contributed by atoms with Crippen LogP contribution in [0.2, 0.25) is 5.02 Å². The number of ether oxygens (including phenoxy) is 2. The molecule has 1 aromatic heterocycles. The van der Waals surface area contributed by atoms with E-state index in [0.717, 1.165) is 24.9 Å². The van der Waals surface area contributed by atoms with E-state index in [1.54, 1.807) is 26.4 Å². The third-order valence-corrected chi connectivity index (χ3v) is 3.77. The minimum atomic E-state index is 0. The van der Waals surface area contributed by atoms with E-state index in [-0.39, 0.29) is 18.4 Å². The molecule has 0 radical (unpaired) electrons. The molecule has 0 unspecified atom stereocenters. The van der Waals surface area contributed by atoms with Gasteiger partial charge in [0.05, 0.1) is 25.3 Å². The molecule has 0 aliphatic carbocycles. The van der Waals surface area contributed by atoms with Crippen molar-refractivity contribution in [3.05, 3.63) is 23.0 Å². The van der Waals surface area contributed by atoms with E-state index < -0.39 is 0 Å². The molecule has 1 fully saturated rings. The van der Waals surface area contributed by atoms with Crippen LogP contribution in [0.15, 0.2) is 16.7 Å². The van der Waals surface area contributed by atoms with Crippen LogP contribution in [-0.4, -0.2) is 30.9 Å². The van der Waals surface area contributed by atoms with Gasteiger partial charge in [0, 0.05) is 5.56 Å². The molecule has 8 heteroatoms. The fourth-order valence-electron chi connectivity index (χ4n) is 2.44. The Morgan fingerprint density at radius 1 is 1.32 bits per heavy atom. The number of rotatable bonds is 4. The molecule has 1 aromatic carbocycles. The van der Waals surface area contributed by atoms with Gasteiger partial charge in [-0.1, -0.05) is 16.8 Å². The highest BCUT2D eigenvalue weighted by atomic mass is 35.5. The first-order valence-electron chi connectivity index (χ1n) is 6.72. The van der Waals surface area contributed by atoms with Gasteiger partial charge < -0.3 is 19.3 Å². The fraction of sp³-hybridized carbons (Fsp3) is 0.429. The van der Waals surface area contributed by atoms with Crippen molar-refractivity contribution in [2.75, 3.05) is 20.8 Å². The van der Waals surface area contributed by atoms with Crippen LogP contribution in [0, 0.1) is 0 Å². The second kappa shape index (κ2) is 7.17. The molecule has 0 spiro atoms. The Hall–Kier alpha value is -1.50. The van der Waals surface area contributed by atoms with Crippen LogP contribution in [0.1, 0.15) is 24.8 Å². The number of methoxy groups -OCH3 is 2. The standard InChI is InChI=1S/C14H16ClN3O3.ClH/c1-19-11-7-8(6-9(15)12(11)20-2)13-17-14(21-18-13)10-4-3-5-16-10;/h6-7,10,16H,3-5H2,1-2H3;1H/t10-;/m0./s1. The lowest BCUT2D eigenvalue weighted by molar-refractivity contribution is 0.344. The van der Waals surface area contributed by atoms with Gasteiger partial charge in [0.15, 0.2) is 11.5 Å². The summed E-state index contributed by atoms with van der Waals surface area (Å²) in [5.41, 5.74) is 0.727. The van der Waals surface area contributed by atoms with Gasteiger partial charge in [-0.15, -0.1) is 12.4 Å². The third-order valence-electron chi connectivity index (χ3n) is 3.49. The zero-order chi connectivity index (χ0) is 14.8. The number of benzene rings is 1. The third kappa shape index (κ3) is 3.14. The quantitative estimate of drug-likeness (QED) is 0.917. The Labute approximate surface area is 139 Å². The first-order chi connectivity index (χ1) is 10.2. The Morgan fingerprint density at radius 3 is 2.77 bits per heavy atom. The zero-order valence-corrected chi connectivity index (χ0v) is 13.8. The monoisotopic (exact) mass is 345 g/mol. The molecule has 0 bridgehead atoms. The van der Waals surface area contributed by atoms with Crippen LogP contribution in [0.3, 0.4) is 0 Å². The molecule has 1 aliphatic heterocycles. The summed E-state index contributed by atoms with van der Waals surface area (Å²) < 4.78 is 15.8. The molecule has 1 aliphatic rings. The molecule has 2 heterocycles. The van der Waals surface area contributed by atoms with E-state index in [1.807, 2.05) is 0 Å². The summed E-state index contributed by atoms with van der Waals surface area (Å²) in [6.45, 7) is 0.977. The van der Waals surface area contributed by atoms with Crippen molar-refractivity contribution in [3.63, 3.8) is 0 Å². The molecular formula is C14H17Cl2N3O3. The lowest BCUT2D eigenvalue weighted by atomic mass is 10.2. The predicted molar refractivity (Wildman–Crippen MR) is 85.1 cm³/mol. The maximum Gasteiger partial charge on any atom is 0.244 e. The Morgan fingerprint density at radius 2 is 2.14 bits per heavy atom. The second-order valence-electron chi connectivity index (χ2n) is 4.80. The average molecular weight is 346 g/mol. The highest BCUT2D eigenvalue weighted by molar-refractivity contribution is 6.32. The van der Waals surface area contributed by atoms with E-state index in [1.165, 1.54) is 0 Å². The van der Waals surface area contributed by atoms with Crippen molar-refractivity contribution in [3.8, 4) is 22.9 Å². The first kappa shape index (κ1) is 16.9. The Kier molecular flexibility index (Phi) is 5.50. The molecule has 1 atom stereocenters. The lowest BCUT2D eigenvalue weighted by Crippen LogP contribution is -2.12. The van der Waals surface area contributed by atoms with Crippen molar-refractivity contribution in [1.29, 1.82) is 0 Å². The number of nitrogens with zero attached hydrogens (tertiary/aromatic N) is 2. The van der Waals surface area contributed by atoms with E-state index in [9.17, 15) is 0 Å². The summed E-state index contributed by atoms with van der Waals surface area (Å²) in [5, 5.41) is 7.79. The Bertz CT molecular complexity index is 642. The Balaban J connectivity index is 0.00000176. The van der Waals surface area contributed by atoms with Crippen molar-refractivity contribution >= 4 is 24.0 Å². The minimum Gasteiger partial charge on any atom is -0.493 e. The van der Waals surface area contributed by atoms with Gasteiger partial charge >= 0.3 is 0 Å². The van der Waals surface area contributed by atoms with Gasteiger partial charge in [-0.05, 0) is 31.5 Å². The molecule has 6 nitrogen and oxygen atoms in total. The van der Waals surface area contributed by atoms with Gasteiger partial charge in [0.2, 0.25) is 11.7 Å². The van der Waals surface area contributed by atoms with Gasteiger partial charge in [0.1, 0.15) is 0 Å². The largest absolute Gasteiger partial charge is 0.493 e. The molecule has 22 heavy (non-hydrogen) atoms. The fourth-order valence-corrected chi connectivity index (χ4v) is 2.72. The summed E-state index contributed by atoms with van der Waals surface area (Å²) in [5.74, 6) is 2.12. The molecule has 0 amide bonds. The van der Waals surface area contributed by atoms with Crippen molar-refractivity contribution in [2.45, 2.75) is 18.9 Å². The summed E-state index contributed by atoms with van der Waals surface area (Å²) in [6, 6.07) is 3.66. The number of halogens is 2. The normalized spacial score (nSPS) is 17.1. The molecule has 0 saturated carbocycles. The van der Waals surface area contributed by atoms with Crippen LogP contribution < -0.4 is 14.8 Å². The van der Waals surface area contributed by atoms with Crippen LogP contribution in [0.4, 0.5) is 0 Å². The molecule has 3 rings (SSSR count). The summed E-state index contributed by atoms with van der Waals surface area (Å²) in [7, 11) is 3.10. The minimum absolute atomic E-state index is 0. The molecule has 120 valence electrons. The van der Waals surface area contributed by atoms with E-state index in [0.29, 0.717) is 28.2 Å². The number of aromatic nitrogens is 2. The second-order valence-corrected chi connectivity index (χ2v) is 5.21. The van der Waals surface area contributed by atoms with Gasteiger partial charge in [-0.3, -0.25) is 0 Å². The van der Waals surface area contributed by atoms with Crippen LogP contribution in [0.25, 0.3) is 11.4 Å². The summed E-state index contributed by atoms with van der Waals surface area (Å²) in [4.78, 5) is 4.44. The molecule has 1 saturated heterocycles. The summed E-state index contributed by atoms with van der Waals surface area (Å²) >= 11 is 6.19. The molecular weight excluding hydrogens is 329 g/mol. The van der Waals surface area contributed by atoms with Gasteiger partial charge in [-0.2, -0.15) is 4.98 Å². The number of hydrogen-bond acceptors (Lipinski definition) is 6. The average Bonchev–Trinajstić information content (AvgIpc) is 3.16. The maximum atomic E-state index is 6.19. The molecule has 2 aromatic rings. The maximum absolute atomic E-state index is 6.19. The van der Waals surface area contributed by atoms with Crippen molar-refractivity contribution < 1.29 is 14.0 Å². The van der Waals surface area contributed by atoms with Gasteiger partial charge in [0.25, 0.3) is 0 Å². The van der Waals surface area contributed by atoms with E-state index in [2.05, 4.69) is 15.5 Å². The number of nitrogens with one attached hydrogen (secondary N) is 1. The highest BCUT2D eigenvalue weighted by Crippen LogP contribution is 2.38. The lowest BCUT2D eigenvalue weighted by Gasteiger charge is -2.10. The predicted octanol–water partition coefficient (Wildman–Crippen LogP) is 3.25. The van der Waals surface area contributed by atoms with Crippen LogP contribution >= 0.6 is 24.0 Å². The van der Waals surface area contributed by atoms with E-state index in [4.69, 9.17) is 25.6 Å².